The molecule has 1 N–H and O–H groups in total. The van der Waals surface area contributed by atoms with Crippen molar-refractivity contribution in [2.45, 2.75) is 31.7 Å². The van der Waals surface area contributed by atoms with Gasteiger partial charge in [-0.1, -0.05) is 18.2 Å². The Morgan fingerprint density at radius 2 is 2.34 bits per heavy atom. The molecule has 8 heteroatoms. The smallest absolute Gasteiger partial charge is 0.230 e. The summed E-state index contributed by atoms with van der Waals surface area (Å²) in [6.45, 7) is 3.24. The third-order valence-corrected chi connectivity index (χ3v) is 6.09. The van der Waals surface area contributed by atoms with Gasteiger partial charge in [-0.15, -0.1) is 0 Å². The number of fused-ring (bicyclic) bond motifs is 1. The number of likely N-dealkylation sites (tertiary alicyclic amines) is 1. The van der Waals surface area contributed by atoms with Crippen LogP contribution in [0.25, 0.3) is 0 Å². The van der Waals surface area contributed by atoms with Crippen molar-refractivity contribution in [3.05, 3.63) is 59.7 Å². The van der Waals surface area contributed by atoms with Crippen LogP contribution in [0.1, 0.15) is 17.0 Å². The van der Waals surface area contributed by atoms with Crippen molar-refractivity contribution in [3.63, 3.8) is 0 Å². The maximum absolute atomic E-state index is 13.3. The monoisotopic (exact) mass is 393 g/mol. The minimum atomic E-state index is -0.700. The van der Waals surface area contributed by atoms with Gasteiger partial charge in [0.2, 0.25) is 11.8 Å². The highest BCUT2D eigenvalue weighted by atomic mass is 16.5. The number of rotatable bonds is 5. The standard InChI is InChI=1S/C21H23N5O3/c1-13-8-15(24-23-13)11-25(2)19(27)17-16-5-6-21(29-16)12-26(20(28)18(17)21)10-14-4-3-7-22-9-14/h3-9,16-18H,10-12H2,1-2H3,(H,23,24)/t16-,17+,18-,21-/m0/s1. The van der Waals surface area contributed by atoms with E-state index in [0.29, 0.717) is 19.6 Å². The molecule has 0 radical (unpaired) electrons. The largest absolute Gasteiger partial charge is 0.360 e. The number of amides is 2. The first-order chi connectivity index (χ1) is 14.0. The minimum Gasteiger partial charge on any atom is -0.360 e. The van der Waals surface area contributed by atoms with Gasteiger partial charge in [0.05, 0.1) is 36.7 Å². The number of aromatic amines is 1. The van der Waals surface area contributed by atoms with Crippen molar-refractivity contribution >= 4 is 11.8 Å². The number of hydrogen-bond donors (Lipinski definition) is 1. The molecular weight excluding hydrogens is 370 g/mol. The van der Waals surface area contributed by atoms with Crippen LogP contribution >= 0.6 is 0 Å². The van der Waals surface area contributed by atoms with Crippen LogP contribution in [0.5, 0.6) is 0 Å². The molecule has 3 aliphatic rings. The number of H-pyrrole nitrogens is 1. The van der Waals surface area contributed by atoms with E-state index in [1.54, 1.807) is 29.2 Å². The van der Waals surface area contributed by atoms with Gasteiger partial charge in [0, 0.05) is 31.7 Å². The Labute approximate surface area is 168 Å². The molecule has 2 fully saturated rings. The molecule has 3 aliphatic heterocycles. The first-order valence-electron chi connectivity index (χ1n) is 9.77. The molecule has 5 rings (SSSR count). The zero-order chi connectivity index (χ0) is 20.2. The van der Waals surface area contributed by atoms with Crippen molar-refractivity contribution in [1.29, 1.82) is 0 Å². The molecule has 2 saturated heterocycles. The fourth-order valence-corrected chi connectivity index (χ4v) is 4.84. The van der Waals surface area contributed by atoms with Crippen molar-refractivity contribution in [3.8, 4) is 0 Å². The van der Waals surface area contributed by atoms with Crippen molar-refractivity contribution in [2.75, 3.05) is 13.6 Å². The second kappa shape index (κ2) is 6.52. The lowest BCUT2D eigenvalue weighted by molar-refractivity contribution is -0.142. The van der Waals surface area contributed by atoms with Gasteiger partial charge in [-0.3, -0.25) is 19.7 Å². The highest BCUT2D eigenvalue weighted by Gasteiger charge is 2.67. The van der Waals surface area contributed by atoms with Crippen molar-refractivity contribution in [2.24, 2.45) is 11.8 Å². The number of aromatic nitrogens is 3. The highest BCUT2D eigenvalue weighted by molar-refractivity contribution is 5.93. The fourth-order valence-electron chi connectivity index (χ4n) is 4.84. The average Bonchev–Trinajstić information content (AvgIpc) is 3.44. The van der Waals surface area contributed by atoms with E-state index >= 15 is 0 Å². The van der Waals surface area contributed by atoms with E-state index in [0.717, 1.165) is 17.0 Å². The molecule has 29 heavy (non-hydrogen) atoms. The molecule has 0 aromatic carbocycles. The van der Waals surface area contributed by atoms with Gasteiger partial charge < -0.3 is 14.5 Å². The summed E-state index contributed by atoms with van der Waals surface area (Å²) in [7, 11) is 1.75. The van der Waals surface area contributed by atoms with E-state index in [-0.39, 0.29) is 17.9 Å². The van der Waals surface area contributed by atoms with Gasteiger partial charge in [-0.05, 0) is 24.6 Å². The van der Waals surface area contributed by atoms with Gasteiger partial charge in [-0.25, -0.2) is 0 Å². The molecule has 0 aliphatic carbocycles. The number of pyridine rings is 1. The van der Waals surface area contributed by atoms with Crippen LogP contribution in [-0.2, 0) is 27.4 Å². The number of carbonyl (C=O) groups is 2. The first-order valence-corrected chi connectivity index (χ1v) is 9.77. The molecule has 2 aromatic rings. The summed E-state index contributed by atoms with van der Waals surface area (Å²) in [6.07, 6.45) is 7.04. The van der Waals surface area contributed by atoms with Crippen LogP contribution in [0.4, 0.5) is 0 Å². The number of ether oxygens (including phenoxy) is 1. The molecule has 150 valence electrons. The third-order valence-electron chi connectivity index (χ3n) is 6.09. The molecule has 2 bridgehead atoms. The average molecular weight is 393 g/mol. The van der Waals surface area contributed by atoms with Gasteiger partial charge in [-0.2, -0.15) is 5.10 Å². The van der Waals surface area contributed by atoms with Crippen LogP contribution in [-0.4, -0.2) is 62.1 Å². The highest BCUT2D eigenvalue weighted by Crippen LogP contribution is 2.52. The van der Waals surface area contributed by atoms with Crippen LogP contribution in [0.3, 0.4) is 0 Å². The Morgan fingerprint density at radius 1 is 1.48 bits per heavy atom. The number of nitrogens with zero attached hydrogens (tertiary/aromatic N) is 4. The molecule has 4 atom stereocenters. The van der Waals surface area contributed by atoms with Gasteiger partial charge in [0.1, 0.15) is 5.60 Å². The van der Waals surface area contributed by atoms with E-state index in [2.05, 4.69) is 15.2 Å². The maximum atomic E-state index is 13.3. The van der Waals surface area contributed by atoms with Crippen LogP contribution in [0, 0.1) is 18.8 Å². The topological polar surface area (TPSA) is 91.4 Å². The second-order valence-corrected chi connectivity index (χ2v) is 8.19. The molecular formula is C21H23N5O3. The van der Waals surface area contributed by atoms with Crippen molar-refractivity contribution < 1.29 is 14.3 Å². The van der Waals surface area contributed by atoms with Gasteiger partial charge in [0.15, 0.2) is 0 Å². The number of hydrogen-bond acceptors (Lipinski definition) is 5. The van der Waals surface area contributed by atoms with E-state index in [4.69, 9.17) is 4.74 Å². The predicted octanol–water partition coefficient (Wildman–Crippen LogP) is 1.05. The lowest BCUT2D eigenvalue weighted by atomic mass is 9.76. The summed E-state index contributed by atoms with van der Waals surface area (Å²) in [4.78, 5) is 34.1. The molecule has 0 saturated carbocycles. The van der Waals surface area contributed by atoms with Gasteiger partial charge in [0.25, 0.3) is 0 Å². The fraction of sp³-hybridized carbons (Fsp3) is 0.429. The molecule has 2 amide bonds. The van der Waals surface area contributed by atoms with Gasteiger partial charge >= 0.3 is 0 Å². The van der Waals surface area contributed by atoms with E-state index in [1.807, 2.05) is 37.3 Å². The lowest BCUT2D eigenvalue weighted by Crippen LogP contribution is -2.44. The summed E-state index contributed by atoms with van der Waals surface area (Å²) >= 11 is 0. The van der Waals surface area contributed by atoms with E-state index in [1.165, 1.54) is 0 Å². The molecule has 5 heterocycles. The number of carbonyl (C=O) groups excluding carboxylic acids is 2. The second-order valence-electron chi connectivity index (χ2n) is 8.19. The zero-order valence-electron chi connectivity index (χ0n) is 16.4. The number of aryl methyl sites for hydroxylation is 1. The number of nitrogens with one attached hydrogen (secondary N) is 1. The Hall–Kier alpha value is -3.00. The summed E-state index contributed by atoms with van der Waals surface area (Å²) in [5.74, 6) is -1.09. The molecule has 0 unspecified atom stereocenters. The predicted molar refractivity (Wildman–Crippen MR) is 103 cm³/mol. The summed E-state index contributed by atoms with van der Waals surface area (Å²) in [5.41, 5.74) is 2.00. The van der Waals surface area contributed by atoms with E-state index < -0.39 is 17.4 Å². The van der Waals surface area contributed by atoms with Crippen molar-refractivity contribution in [1.82, 2.24) is 25.0 Å². The van der Waals surface area contributed by atoms with Crippen LogP contribution in [0.2, 0.25) is 0 Å². The van der Waals surface area contributed by atoms with Crippen LogP contribution < -0.4 is 0 Å². The normalized spacial score (nSPS) is 29.5. The summed E-state index contributed by atoms with van der Waals surface area (Å²) in [5, 5.41) is 7.10. The Balaban J connectivity index is 1.36. The van der Waals surface area contributed by atoms with Crippen LogP contribution in [0.15, 0.2) is 42.7 Å². The van der Waals surface area contributed by atoms with E-state index in [9.17, 15) is 9.59 Å². The first kappa shape index (κ1) is 18.1. The summed E-state index contributed by atoms with van der Waals surface area (Å²) < 4.78 is 6.20. The quantitative estimate of drug-likeness (QED) is 0.767. The third kappa shape index (κ3) is 2.86. The Kier molecular flexibility index (Phi) is 4.06. The Morgan fingerprint density at radius 3 is 3.07 bits per heavy atom. The molecule has 1 spiro atoms. The molecule has 2 aromatic heterocycles. The zero-order valence-corrected chi connectivity index (χ0v) is 16.4. The lowest BCUT2D eigenvalue weighted by Gasteiger charge is -2.27. The summed E-state index contributed by atoms with van der Waals surface area (Å²) in [6, 6.07) is 5.72. The molecule has 8 nitrogen and oxygen atoms in total. The minimum absolute atomic E-state index is 0.0249. The Bertz CT molecular complexity index is 987. The maximum Gasteiger partial charge on any atom is 0.230 e. The SMILES string of the molecule is Cc1cc(CN(C)C(=O)[C@@H]2[C@@H]3C=C[C@@]4(CN(Cc5cccnc5)C(=O)[C@H]24)O3)n[nH]1.